The lowest BCUT2D eigenvalue weighted by Crippen LogP contribution is -2.31. The van der Waals surface area contributed by atoms with Gasteiger partial charge in [0.25, 0.3) is 0 Å². The number of rotatable bonds is 5. The predicted octanol–water partition coefficient (Wildman–Crippen LogP) is 12.6. The number of nitrogens with zero attached hydrogens (tertiary/aromatic N) is 4. The summed E-state index contributed by atoms with van der Waals surface area (Å²) >= 11 is 0. The lowest BCUT2D eigenvalue weighted by atomic mass is 9.71. The number of fused-ring (bicyclic) bond motifs is 9. The molecule has 3 aromatic heterocycles. The molecule has 0 unspecified atom stereocenters. The van der Waals surface area contributed by atoms with Crippen LogP contribution >= 0.6 is 0 Å². The maximum atomic E-state index is 6.38. The molecule has 1 aliphatic rings. The van der Waals surface area contributed by atoms with Gasteiger partial charge >= 0.3 is 0 Å². The molecular weight excluding hydrogens is 697 g/mol. The second-order valence-corrected chi connectivity index (χ2v) is 14.7. The van der Waals surface area contributed by atoms with Crippen LogP contribution < -0.4 is 0 Å². The first kappa shape index (κ1) is 31.7. The Balaban J connectivity index is 1.14. The van der Waals surface area contributed by atoms with Crippen molar-refractivity contribution in [2.75, 3.05) is 0 Å². The fourth-order valence-corrected chi connectivity index (χ4v) is 9.32. The molecule has 0 atom stereocenters. The largest absolute Gasteiger partial charge is 0.456 e. The highest BCUT2D eigenvalue weighted by atomic mass is 16.3. The molecule has 8 aromatic carbocycles. The maximum Gasteiger partial charge on any atom is 0.164 e. The third-order valence-electron chi connectivity index (χ3n) is 11.7. The number of furan rings is 1. The lowest BCUT2D eigenvalue weighted by Gasteiger charge is -2.32. The van der Waals surface area contributed by atoms with E-state index in [0.29, 0.717) is 17.5 Å². The Bertz CT molecular complexity index is 3260. The highest BCUT2D eigenvalue weighted by molar-refractivity contribution is 6.12. The number of hydrogen-bond donors (Lipinski definition) is 0. The van der Waals surface area contributed by atoms with Crippen LogP contribution in [0.5, 0.6) is 0 Å². The van der Waals surface area contributed by atoms with Crippen molar-refractivity contribution in [1.82, 2.24) is 19.5 Å². The Labute approximate surface area is 328 Å². The first-order valence-electron chi connectivity index (χ1n) is 19.3. The van der Waals surface area contributed by atoms with Gasteiger partial charge in [-0.15, -0.1) is 0 Å². The number of hydrogen-bond acceptors (Lipinski definition) is 4. The summed E-state index contributed by atoms with van der Waals surface area (Å²) in [5.41, 5.74) is 11.8. The van der Waals surface area contributed by atoms with Crippen molar-refractivity contribution in [2.45, 2.75) is 5.41 Å². The van der Waals surface area contributed by atoms with E-state index < -0.39 is 5.41 Å². The topological polar surface area (TPSA) is 56.7 Å². The van der Waals surface area contributed by atoms with Crippen LogP contribution in [0.15, 0.2) is 199 Å². The fourth-order valence-electron chi connectivity index (χ4n) is 9.32. The van der Waals surface area contributed by atoms with Crippen molar-refractivity contribution in [3.63, 3.8) is 0 Å². The third-order valence-corrected chi connectivity index (χ3v) is 11.7. The van der Waals surface area contributed by atoms with Gasteiger partial charge in [0, 0.05) is 38.4 Å². The van der Waals surface area contributed by atoms with Gasteiger partial charge in [0.2, 0.25) is 0 Å². The fraction of sp³-hybridized carbons (Fsp3) is 0.0192. The summed E-state index contributed by atoms with van der Waals surface area (Å²) in [4.78, 5) is 16.4. The molecule has 57 heavy (non-hydrogen) atoms. The quantitative estimate of drug-likeness (QED) is 0.177. The zero-order valence-electron chi connectivity index (χ0n) is 30.7. The van der Waals surface area contributed by atoms with Crippen molar-refractivity contribution in [2.24, 2.45) is 0 Å². The van der Waals surface area contributed by atoms with Gasteiger partial charge in [-0.05, 0) is 76.3 Å². The van der Waals surface area contributed by atoms with Gasteiger partial charge in [-0.1, -0.05) is 146 Å². The van der Waals surface area contributed by atoms with Crippen LogP contribution in [0.25, 0.3) is 83.3 Å². The monoisotopic (exact) mass is 728 g/mol. The van der Waals surface area contributed by atoms with Gasteiger partial charge < -0.3 is 8.98 Å². The number of para-hydroxylation sites is 3. The summed E-state index contributed by atoms with van der Waals surface area (Å²) in [6.07, 6.45) is 0. The molecule has 0 aliphatic heterocycles. The molecule has 3 heterocycles. The normalized spacial score (nSPS) is 13.1. The van der Waals surface area contributed by atoms with E-state index in [4.69, 9.17) is 19.4 Å². The van der Waals surface area contributed by atoms with Gasteiger partial charge in [-0.3, -0.25) is 0 Å². The zero-order valence-corrected chi connectivity index (χ0v) is 30.7. The molecular formula is C52H32N4O. The van der Waals surface area contributed by atoms with Crippen LogP contribution in [-0.2, 0) is 5.41 Å². The van der Waals surface area contributed by atoms with E-state index >= 15 is 0 Å². The molecule has 266 valence electrons. The summed E-state index contributed by atoms with van der Waals surface area (Å²) in [6.45, 7) is 0. The summed E-state index contributed by atoms with van der Waals surface area (Å²) in [5.74, 6) is 1.86. The average Bonchev–Trinajstić information content (AvgIpc) is 3.93. The first-order valence-corrected chi connectivity index (χ1v) is 19.3. The van der Waals surface area contributed by atoms with E-state index in [1.165, 1.54) is 32.9 Å². The molecule has 0 spiro atoms. The minimum atomic E-state index is -0.809. The van der Waals surface area contributed by atoms with Crippen molar-refractivity contribution in [3.8, 4) is 39.6 Å². The summed E-state index contributed by atoms with van der Waals surface area (Å²) in [7, 11) is 0. The molecule has 0 saturated carbocycles. The van der Waals surface area contributed by atoms with Crippen LogP contribution in [0.3, 0.4) is 0 Å². The first-order chi connectivity index (χ1) is 28.3. The average molecular weight is 729 g/mol. The van der Waals surface area contributed by atoms with E-state index in [1.807, 2.05) is 30.3 Å². The molecule has 0 bridgehead atoms. The SMILES string of the molecule is c1ccc(C2(c3nc(-c4ccc(-n5c6ccccc6c6ccccc65)cc4)nc(-c4cccc5oc6ccccc6c45)n3)c3ccccc3-c3ccccc32)cc1. The van der Waals surface area contributed by atoms with E-state index in [2.05, 4.69) is 168 Å². The smallest absolute Gasteiger partial charge is 0.164 e. The summed E-state index contributed by atoms with van der Waals surface area (Å²) < 4.78 is 8.71. The van der Waals surface area contributed by atoms with E-state index in [9.17, 15) is 0 Å². The summed E-state index contributed by atoms with van der Waals surface area (Å²) in [5, 5.41) is 4.47. The zero-order chi connectivity index (χ0) is 37.5. The predicted molar refractivity (Wildman–Crippen MR) is 230 cm³/mol. The Kier molecular flexibility index (Phi) is 6.78. The third kappa shape index (κ3) is 4.54. The molecule has 0 amide bonds. The minimum Gasteiger partial charge on any atom is -0.456 e. The molecule has 0 N–H and O–H groups in total. The van der Waals surface area contributed by atoms with Crippen LogP contribution in [0.2, 0.25) is 0 Å². The highest BCUT2D eigenvalue weighted by Gasteiger charge is 2.48. The second kappa shape index (κ2) is 12.2. The molecule has 0 radical (unpaired) electrons. The molecule has 12 rings (SSSR count). The standard InChI is InChI=1S/C52H32N4O/c1-2-15-34(16-3-1)52(42-23-9-4-17-36(42)37-18-5-10-24-43(37)52)51-54-49(53-50(55-51)41-22-14-28-47-48(41)40-21-8-13-27-46(40)57-47)33-29-31-35(32-30-33)56-44-25-11-6-19-38(44)39-20-7-12-26-45(39)56/h1-32H. The van der Waals surface area contributed by atoms with Gasteiger partial charge in [0.1, 0.15) is 16.6 Å². The van der Waals surface area contributed by atoms with Gasteiger partial charge in [-0.2, -0.15) is 0 Å². The molecule has 0 fully saturated rings. The van der Waals surface area contributed by atoms with E-state index in [-0.39, 0.29) is 0 Å². The maximum absolute atomic E-state index is 6.38. The molecule has 5 nitrogen and oxygen atoms in total. The van der Waals surface area contributed by atoms with Gasteiger partial charge in [-0.25, -0.2) is 15.0 Å². The van der Waals surface area contributed by atoms with E-state index in [0.717, 1.165) is 55.4 Å². The molecule has 1 aliphatic carbocycles. The van der Waals surface area contributed by atoms with Gasteiger partial charge in [0.15, 0.2) is 17.5 Å². The molecule has 5 heteroatoms. The van der Waals surface area contributed by atoms with E-state index in [1.54, 1.807) is 0 Å². The van der Waals surface area contributed by atoms with Crippen molar-refractivity contribution in [1.29, 1.82) is 0 Å². The van der Waals surface area contributed by atoms with Crippen LogP contribution in [0, 0.1) is 0 Å². The van der Waals surface area contributed by atoms with Crippen molar-refractivity contribution >= 4 is 43.7 Å². The Morgan fingerprint density at radius 1 is 0.404 bits per heavy atom. The number of benzene rings is 8. The number of aromatic nitrogens is 4. The lowest BCUT2D eigenvalue weighted by molar-refractivity contribution is 0.669. The Morgan fingerprint density at radius 2 is 0.947 bits per heavy atom. The second-order valence-electron chi connectivity index (χ2n) is 14.7. The minimum absolute atomic E-state index is 0.593. The van der Waals surface area contributed by atoms with Gasteiger partial charge in [0.05, 0.1) is 11.0 Å². The molecule has 11 aromatic rings. The Morgan fingerprint density at radius 3 is 1.65 bits per heavy atom. The Hall–Kier alpha value is -7.63. The molecule has 0 saturated heterocycles. The van der Waals surface area contributed by atoms with Crippen LogP contribution in [-0.4, -0.2) is 19.5 Å². The van der Waals surface area contributed by atoms with Crippen LogP contribution in [0.1, 0.15) is 22.5 Å². The van der Waals surface area contributed by atoms with Crippen molar-refractivity contribution < 1.29 is 4.42 Å². The highest BCUT2D eigenvalue weighted by Crippen LogP contribution is 2.55. The van der Waals surface area contributed by atoms with Crippen molar-refractivity contribution in [3.05, 3.63) is 217 Å². The summed E-state index contributed by atoms with van der Waals surface area (Å²) in [6, 6.07) is 68.2. The van der Waals surface area contributed by atoms with Crippen LogP contribution in [0.4, 0.5) is 0 Å².